The van der Waals surface area contributed by atoms with Gasteiger partial charge in [0, 0.05) is 18.7 Å². The van der Waals surface area contributed by atoms with Crippen molar-refractivity contribution in [2.24, 2.45) is 10.8 Å². The SMILES string of the molecule is C/C(CC1CCCCO1)=N\NC(N)=O. The lowest BCUT2D eigenvalue weighted by Gasteiger charge is -2.22. The largest absolute Gasteiger partial charge is 0.378 e. The third-order valence-corrected chi connectivity index (χ3v) is 2.15. The molecule has 5 heteroatoms. The Morgan fingerprint density at radius 1 is 1.64 bits per heavy atom. The van der Waals surface area contributed by atoms with Gasteiger partial charge >= 0.3 is 6.03 Å². The van der Waals surface area contributed by atoms with Gasteiger partial charge in [-0.2, -0.15) is 5.10 Å². The van der Waals surface area contributed by atoms with Crippen LogP contribution in [0, 0.1) is 0 Å². The highest BCUT2D eigenvalue weighted by atomic mass is 16.5. The molecule has 0 bridgehead atoms. The maximum absolute atomic E-state index is 10.4. The van der Waals surface area contributed by atoms with E-state index < -0.39 is 6.03 Å². The first-order valence-electron chi connectivity index (χ1n) is 4.88. The van der Waals surface area contributed by atoms with Gasteiger partial charge in [0.2, 0.25) is 0 Å². The van der Waals surface area contributed by atoms with E-state index in [4.69, 9.17) is 10.5 Å². The summed E-state index contributed by atoms with van der Waals surface area (Å²) in [5.74, 6) is 0. The van der Waals surface area contributed by atoms with Crippen LogP contribution in [0.1, 0.15) is 32.6 Å². The number of hydrogen-bond donors (Lipinski definition) is 2. The van der Waals surface area contributed by atoms with E-state index in [1.807, 2.05) is 6.92 Å². The summed E-state index contributed by atoms with van der Waals surface area (Å²) in [6, 6.07) is -0.631. The average molecular weight is 199 g/mol. The van der Waals surface area contributed by atoms with Crippen molar-refractivity contribution < 1.29 is 9.53 Å². The van der Waals surface area contributed by atoms with Gasteiger partial charge < -0.3 is 10.5 Å². The molecule has 1 fully saturated rings. The summed E-state index contributed by atoms with van der Waals surface area (Å²) in [5, 5.41) is 3.83. The summed E-state index contributed by atoms with van der Waals surface area (Å²) in [6.45, 7) is 2.69. The second-order valence-corrected chi connectivity index (χ2v) is 3.52. The topological polar surface area (TPSA) is 76.7 Å². The Morgan fingerprint density at radius 3 is 3.00 bits per heavy atom. The molecular weight excluding hydrogens is 182 g/mol. The first kappa shape index (κ1) is 11.0. The van der Waals surface area contributed by atoms with E-state index in [2.05, 4.69) is 10.5 Å². The molecule has 0 aromatic carbocycles. The third kappa shape index (κ3) is 4.23. The number of carbonyl (C=O) groups excluding carboxylic acids is 1. The van der Waals surface area contributed by atoms with Gasteiger partial charge in [-0.3, -0.25) is 0 Å². The number of amides is 2. The minimum Gasteiger partial charge on any atom is -0.378 e. The molecule has 80 valence electrons. The number of ether oxygens (including phenoxy) is 1. The van der Waals surface area contributed by atoms with Crippen LogP contribution in [0.15, 0.2) is 5.10 Å². The molecule has 5 nitrogen and oxygen atoms in total. The van der Waals surface area contributed by atoms with Crippen molar-refractivity contribution in [2.45, 2.75) is 38.7 Å². The molecule has 1 unspecified atom stereocenters. The van der Waals surface area contributed by atoms with Crippen molar-refractivity contribution in [1.29, 1.82) is 0 Å². The summed E-state index contributed by atoms with van der Waals surface area (Å²) >= 11 is 0. The highest BCUT2D eigenvalue weighted by Gasteiger charge is 2.14. The molecule has 3 N–H and O–H groups in total. The number of hydrogen-bond acceptors (Lipinski definition) is 3. The van der Waals surface area contributed by atoms with E-state index in [0.29, 0.717) is 0 Å². The van der Waals surface area contributed by atoms with Crippen LogP contribution in [0.2, 0.25) is 0 Å². The maximum Gasteiger partial charge on any atom is 0.332 e. The molecule has 14 heavy (non-hydrogen) atoms. The summed E-state index contributed by atoms with van der Waals surface area (Å²) in [5.41, 5.74) is 7.93. The van der Waals surface area contributed by atoms with Crippen molar-refractivity contribution >= 4 is 11.7 Å². The molecule has 2 amide bonds. The average Bonchev–Trinajstić information content (AvgIpc) is 2.16. The first-order valence-corrected chi connectivity index (χ1v) is 4.88. The van der Waals surface area contributed by atoms with Gasteiger partial charge in [-0.15, -0.1) is 0 Å². The van der Waals surface area contributed by atoms with Crippen molar-refractivity contribution in [2.75, 3.05) is 6.61 Å². The van der Waals surface area contributed by atoms with E-state index in [9.17, 15) is 4.79 Å². The number of carbonyl (C=O) groups is 1. The number of hydrazone groups is 1. The summed E-state index contributed by atoms with van der Waals surface area (Å²) in [4.78, 5) is 10.4. The number of rotatable bonds is 3. The molecule has 1 atom stereocenters. The third-order valence-electron chi connectivity index (χ3n) is 2.15. The van der Waals surface area contributed by atoms with Crippen LogP contribution in [-0.4, -0.2) is 24.5 Å². The molecule has 0 radical (unpaired) electrons. The highest BCUT2D eigenvalue weighted by Crippen LogP contribution is 2.15. The predicted octanol–water partition coefficient (Wildman–Crippen LogP) is 0.990. The van der Waals surface area contributed by atoms with E-state index in [-0.39, 0.29) is 6.10 Å². The molecule has 1 rings (SSSR count). The van der Waals surface area contributed by atoms with Crippen LogP contribution < -0.4 is 11.2 Å². The summed E-state index contributed by atoms with van der Waals surface area (Å²) in [7, 11) is 0. The molecule has 1 heterocycles. The lowest BCUT2D eigenvalue weighted by molar-refractivity contribution is 0.0210. The number of nitrogens with two attached hydrogens (primary N) is 1. The predicted molar refractivity (Wildman–Crippen MR) is 54.0 cm³/mol. The molecule has 0 aromatic heterocycles. The standard InChI is InChI=1S/C9H17N3O2/c1-7(11-12-9(10)13)6-8-4-2-3-5-14-8/h8H,2-6H2,1H3,(H3,10,12,13)/b11-7+. The van der Waals surface area contributed by atoms with Crippen LogP contribution in [0.5, 0.6) is 0 Å². The second-order valence-electron chi connectivity index (χ2n) is 3.52. The van der Waals surface area contributed by atoms with Crippen molar-refractivity contribution in [1.82, 2.24) is 5.43 Å². The Bertz CT molecular complexity index is 222. The van der Waals surface area contributed by atoms with Crippen LogP contribution in [0.25, 0.3) is 0 Å². The Morgan fingerprint density at radius 2 is 2.43 bits per heavy atom. The fourth-order valence-corrected chi connectivity index (χ4v) is 1.49. The molecule has 1 aliphatic heterocycles. The van der Waals surface area contributed by atoms with Gasteiger partial charge in [0.1, 0.15) is 0 Å². The first-order chi connectivity index (χ1) is 6.68. The Labute approximate surface area is 83.7 Å². The van der Waals surface area contributed by atoms with E-state index in [1.54, 1.807) is 0 Å². The van der Waals surface area contributed by atoms with E-state index >= 15 is 0 Å². The number of nitrogens with zero attached hydrogens (tertiary/aromatic N) is 1. The monoisotopic (exact) mass is 199 g/mol. The van der Waals surface area contributed by atoms with Crippen LogP contribution >= 0.6 is 0 Å². The quantitative estimate of drug-likeness (QED) is 0.525. The van der Waals surface area contributed by atoms with Gasteiger partial charge in [-0.05, 0) is 26.2 Å². The van der Waals surface area contributed by atoms with E-state index in [1.165, 1.54) is 6.42 Å². The Hall–Kier alpha value is -1.10. The maximum atomic E-state index is 10.4. The Kier molecular flexibility index (Phi) is 4.39. The molecule has 1 saturated heterocycles. The smallest absolute Gasteiger partial charge is 0.332 e. The molecule has 0 aliphatic carbocycles. The Balaban J connectivity index is 2.27. The fraction of sp³-hybridized carbons (Fsp3) is 0.778. The minimum atomic E-state index is -0.631. The lowest BCUT2D eigenvalue weighted by Crippen LogP contribution is -2.27. The molecule has 0 saturated carbocycles. The van der Waals surface area contributed by atoms with Crippen LogP contribution in [0.3, 0.4) is 0 Å². The van der Waals surface area contributed by atoms with Crippen LogP contribution in [-0.2, 0) is 4.74 Å². The van der Waals surface area contributed by atoms with Gasteiger partial charge in [0.25, 0.3) is 0 Å². The van der Waals surface area contributed by atoms with Gasteiger partial charge in [0.05, 0.1) is 6.10 Å². The zero-order valence-electron chi connectivity index (χ0n) is 8.45. The zero-order valence-corrected chi connectivity index (χ0v) is 8.45. The highest BCUT2D eigenvalue weighted by molar-refractivity contribution is 5.84. The second kappa shape index (κ2) is 5.59. The molecular formula is C9H17N3O2. The normalized spacial score (nSPS) is 23.2. The van der Waals surface area contributed by atoms with E-state index in [0.717, 1.165) is 31.6 Å². The summed E-state index contributed by atoms with van der Waals surface area (Å²) in [6.07, 6.45) is 4.44. The minimum absolute atomic E-state index is 0.252. The van der Waals surface area contributed by atoms with Crippen LogP contribution in [0.4, 0.5) is 4.79 Å². The van der Waals surface area contributed by atoms with Gasteiger partial charge in [0.15, 0.2) is 0 Å². The number of nitrogens with one attached hydrogen (secondary N) is 1. The fourth-order valence-electron chi connectivity index (χ4n) is 1.49. The molecule has 0 aromatic rings. The number of primary amides is 1. The summed E-state index contributed by atoms with van der Waals surface area (Å²) < 4.78 is 5.53. The lowest BCUT2D eigenvalue weighted by atomic mass is 10.0. The molecule has 1 aliphatic rings. The van der Waals surface area contributed by atoms with Gasteiger partial charge in [-0.25, -0.2) is 10.2 Å². The molecule has 0 spiro atoms. The van der Waals surface area contributed by atoms with Crippen molar-refractivity contribution in [3.63, 3.8) is 0 Å². The number of urea groups is 1. The van der Waals surface area contributed by atoms with Gasteiger partial charge in [-0.1, -0.05) is 0 Å². The van der Waals surface area contributed by atoms with Crippen molar-refractivity contribution in [3.05, 3.63) is 0 Å². The zero-order chi connectivity index (χ0) is 10.4. The van der Waals surface area contributed by atoms with Crippen molar-refractivity contribution in [3.8, 4) is 0 Å².